The number of guanidine groups is 1. The number of hydrogen-bond acceptors (Lipinski definition) is 8. The predicted octanol–water partition coefficient (Wildman–Crippen LogP) is -1.84. The summed E-state index contributed by atoms with van der Waals surface area (Å²) < 4.78 is 0. The first-order valence-electron chi connectivity index (χ1n) is 17.4. The van der Waals surface area contributed by atoms with Crippen LogP contribution in [0.5, 0.6) is 0 Å². The minimum atomic E-state index is -1.21. The second-order valence-electron chi connectivity index (χ2n) is 12.8. The molecule has 2 aromatic heterocycles. The van der Waals surface area contributed by atoms with Crippen molar-refractivity contribution in [3.05, 3.63) is 90.1 Å². The number of carbonyl (C=O) groups is 6. The van der Waals surface area contributed by atoms with Gasteiger partial charge in [-0.15, -0.1) is 0 Å². The molecule has 0 spiro atoms. The van der Waals surface area contributed by atoms with Gasteiger partial charge in [0.05, 0.1) is 19.4 Å². The van der Waals surface area contributed by atoms with Gasteiger partial charge >= 0.3 is 0 Å². The highest BCUT2D eigenvalue weighted by molar-refractivity contribution is 5.97. The predicted molar refractivity (Wildman–Crippen MR) is 198 cm³/mol. The van der Waals surface area contributed by atoms with Crippen LogP contribution in [-0.4, -0.2) is 100 Å². The fourth-order valence-electron chi connectivity index (χ4n) is 5.98. The molecule has 0 bridgehead atoms. The smallest absolute Gasteiger partial charge is 0.243 e. The fourth-order valence-corrected chi connectivity index (χ4v) is 5.98. The molecule has 0 aliphatic carbocycles. The third kappa shape index (κ3) is 11.1. The Morgan fingerprint density at radius 2 is 1.33 bits per heavy atom. The van der Waals surface area contributed by atoms with Gasteiger partial charge in [0.2, 0.25) is 35.4 Å². The van der Waals surface area contributed by atoms with Crippen LogP contribution in [-0.2, 0) is 48.0 Å². The van der Waals surface area contributed by atoms with Crippen LogP contribution in [0.25, 0.3) is 10.9 Å². The number of aliphatic imine (C=N–C) groups is 1. The number of hydrogen-bond donors (Lipinski definition) is 10. The number of benzene rings is 2. The van der Waals surface area contributed by atoms with Crippen LogP contribution in [0.4, 0.5) is 0 Å². The molecular formula is C36H44N12O6. The Morgan fingerprint density at radius 1 is 0.685 bits per heavy atom. The van der Waals surface area contributed by atoms with Crippen molar-refractivity contribution in [2.24, 2.45) is 16.5 Å². The first-order chi connectivity index (χ1) is 26.0. The summed E-state index contributed by atoms with van der Waals surface area (Å²) in [6.45, 7) is -0.869. The van der Waals surface area contributed by atoms with Crippen molar-refractivity contribution in [1.29, 1.82) is 0 Å². The summed E-state index contributed by atoms with van der Waals surface area (Å²) in [5, 5.41) is 16.7. The van der Waals surface area contributed by atoms with Crippen molar-refractivity contribution >= 4 is 52.3 Å². The second-order valence-corrected chi connectivity index (χ2v) is 12.8. The molecule has 12 N–H and O–H groups in total. The van der Waals surface area contributed by atoms with Gasteiger partial charge in [0.15, 0.2) is 5.96 Å². The average molecular weight is 741 g/mol. The highest BCUT2D eigenvalue weighted by Gasteiger charge is 2.32. The van der Waals surface area contributed by atoms with E-state index in [4.69, 9.17) is 11.5 Å². The van der Waals surface area contributed by atoms with E-state index in [-0.39, 0.29) is 44.6 Å². The molecular weight excluding hydrogens is 696 g/mol. The highest BCUT2D eigenvalue weighted by Crippen LogP contribution is 2.19. The van der Waals surface area contributed by atoms with Crippen LogP contribution in [0.15, 0.2) is 78.3 Å². The molecule has 18 nitrogen and oxygen atoms in total. The maximum absolute atomic E-state index is 14.1. The van der Waals surface area contributed by atoms with Crippen LogP contribution >= 0.6 is 0 Å². The minimum absolute atomic E-state index is 0.0190. The van der Waals surface area contributed by atoms with Gasteiger partial charge in [0, 0.05) is 54.8 Å². The topological polar surface area (TPSA) is 283 Å². The van der Waals surface area contributed by atoms with E-state index in [0.29, 0.717) is 11.3 Å². The number of carbonyl (C=O) groups excluding carboxylic acids is 6. The zero-order chi connectivity index (χ0) is 38.5. The van der Waals surface area contributed by atoms with E-state index in [9.17, 15) is 28.8 Å². The molecule has 0 saturated carbocycles. The van der Waals surface area contributed by atoms with Crippen LogP contribution in [0.3, 0.4) is 0 Å². The number of para-hydroxylation sites is 1. The maximum atomic E-state index is 14.1. The Hall–Kier alpha value is -6.72. The maximum Gasteiger partial charge on any atom is 0.243 e. The Kier molecular flexibility index (Phi) is 13.3. The number of nitrogens with two attached hydrogens (primary N) is 2. The van der Waals surface area contributed by atoms with Crippen LogP contribution < -0.4 is 43.4 Å². The van der Waals surface area contributed by atoms with Crippen molar-refractivity contribution in [3.8, 4) is 0 Å². The molecule has 0 unspecified atom stereocenters. The van der Waals surface area contributed by atoms with Gasteiger partial charge in [-0.1, -0.05) is 48.5 Å². The van der Waals surface area contributed by atoms with E-state index < -0.39 is 72.7 Å². The Bertz CT molecular complexity index is 1960. The number of H-pyrrole nitrogens is 2. The van der Waals surface area contributed by atoms with Gasteiger partial charge in [-0.3, -0.25) is 33.8 Å². The molecule has 5 rings (SSSR count). The summed E-state index contributed by atoms with van der Waals surface area (Å²) in [4.78, 5) is 95.4. The molecule has 4 atom stereocenters. The molecule has 4 aromatic rings. The van der Waals surface area contributed by atoms with Crippen LogP contribution in [0.2, 0.25) is 0 Å². The summed E-state index contributed by atoms with van der Waals surface area (Å²) in [5.41, 5.74) is 13.8. The van der Waals surface area contributed by atoms with Crippen molar-refractivity contribution in [2.45, 2.75) is 56.3 Å². The molecule has 6 amide bonds. The number of imidazole rings is 1. The van der Waals surface area contributed by atoms with Crippen molar-refractivity contribution in [1.82, 2.24) is 46.9 Å². The van der Waals surface area contributed by atoms with Crippen molar-refractivity contribution in [3.63, 3.8) is 0 Å². The molecule has 1 saturated heterocycles. The van der Waals surface area contributed by atoms with Gasteiger partial charge in [-0.2, -0.15) is 0 Å². The van der Waals surface area contributed by atoms with Gasteiger partial charge in [0.1, 0.15) is 24.2 Å². The van der Waals surface area contributed by atoms with E-state index in [1.165, 1.54) is 12.5 Å². The molecule has 3 heterocycles. The molecule has 18 heteroatoms. The van der Waals surface area contributed by atoms with E-state index in [2.05, 4.69) is 51.8 Å². The molecule has 1 aliphatic heterocycles. The van der Waals surface area contributed by atoms with Crippen molar-refractivity contribution in [2.75, 3.05) is 19.6 Å². The zero-order valence-corrected chi connectivity index (χ0v) is 29.4. The fraction of sp³-hybridized carbons (Fsp3) is 0.333. The Balaban J connectivity index is 1.47. The summed E-state index contributed by atoms with van der Waals surface area (Å²) >= 11 is 0. The molecule has 1 aliphatic rings. The highest BCUT2D eigenvalue weighted by atomic mass is 16.2. The minimum Gasteiger partial charge on any atom is -0.370 e. The average Bonchev–Trinajstić information content (AvgIpc) is 3.83. The summed E-state index contributed by atoms with van der Waals surface area (Å²) in [6, 6.07) is 11.6. The van der Waals surface area contributed by atoms with Crippen LogP contribution in [0.1, 0.15) is 29.7 Å². The van der Waals surface area contributed by atoms with E-state index in [1.807, 2.05) is 24.3 Å². The number of amides is 6. The van der Waals surface area contributed by atoms with Gasteiger partial charge < -0.3 is 53.3 Å². The van der Waals surface area contributed by atoms with Crippen molar-refractivity contribution < 1.29 is 28.8 Å². The second kappa shape index (κ2) is 18.7. The number of nitrogens with one attached hydrogen (secondary N) is 8. The van der Waals surface area contributed by atoms with Crippen LogP contribution in [0, 0.1) is 0 Å². The van der Waals surface area contributed by atoms with E-state index >= 15 is 0 Å². The standard InChI is InChI=1S/C36H44N12O6/c37-36(38)40-12-6-11-26-33(52)48-28(14-22-16-41-25-10-5-4-9-24(22)25)32(51)43-18-30(49)42-19-31(50)45-29(15-23-17-39-20-44-23)35(54)47-27(34(53)46-26)13-21-7-2-1-3-8-21/h1-5,7-10,16-17,20,26-29,41H,6,11-15,18-19H2,(H,39,44)(H,42,49)(H,43,51)(H,45,50)(H,46,53)(H,47,54)(H,48,52)(H4,37,38,40)/t26-,27+,28-,29-/m0/s1. The largest absolute Gasteiger partial charge is 0.370 e. The Labute approximate surface area is 310 Å². The van der Waals surface area contributed by atoms with Gasteiger partial charge in [0.25, 0.3) is 0 Å². The normalized spacial score (nSPS) is 20.7. The lowest BCUT2D eigenvalue weighted by Gasteiger charge is -2.27. The lowest BCUT2D eigenvalue weighted by molar-refractivity contribution is -0.135. The van der Waals surface area contributed by atoms with Gasteiger partial charge in [-0.25, -0.2) is 4.98 Å². The van der Waals surface area contributed by atoms with E-state index in [1.54, 1.807) is 36.5 Å². The number of fused-ring (bicyclic) bond motifs is 1. The summed E-state index contributed by atoms with van der Waals surface area (Å²) in [5.74, 6) is -4.26. The third-order valence-corrected chi connectivity index (χ3v) is 8.73. The first-order valence-corrected chi connectivity index (χ1v) is 17.4. The molecule has 1 fully saturated rings. The Morgan fingerprint density at radius 3 is 2.06 bits per heavy atom. The first kappa shape index (κ1) is 38.5. The summed E-state index contributed by atoms with van der Waals surface area (Å²) in [6.07, 6.45) is 5.01. The van der Waals surface area contributed by atoms with E-state index in [0.717, 1.165) is 16.5 Å². The summed E-state index contributed by atoms with van der Waals surface area (Å²) in [7, 11) is 0. The molecule has 2 aromatic carbocycles. The van der Waals surface area contributed by atoms with Gasteiger partial charge in [-0.05, 0) is 30.0 Å². The third-order valence-electron chi connectivity index (χ3n) is 8.73. The number of rotatable bonds is 10. The number of aromatic amines is 2. The molecule has 54 heavy (non-hydrogen) atoms. The quantitative estimate of drug-likeness (QED) is 0.0496. The number of nitrogens with zero attached hydrogens (tertiary/aromatic N) is 2. The zero-order valence-electron chi connectivity index (χ0n) is 29.4. The lowest BCUT2D eigenvalue weighted by atomic mass is 10.0. The molecule has 0 radical (unpaired) electrons. The lowest BCUT2D eigenvalue weighted by Crippen LogP contribution is -2.60. The monoisotopic (exact) mass is 740 g/mol. The SMILES string of the molecule is NC(N)=NCCC[C@@H]1NC(=O)[C@@H](Cc2ccccc2)NC(=O)[C@H](Cc2cnc[nH]2)NC(=O)CNC(=O)CNC(=O)[C@H](Cc2c[nH]c3ccccc23)NC1=O. The number of aromatic nitrogens is 3. The molecule has 284 valence electrons.